The Kier molecular flexibility index (Phi) is 5.62. The topological polar surface area (TPSA) is 88.3 Å². The lowest BCUT2D eigenvalue weighted by molar-refractivity contribution is -0.139. The summed E-state index contributed by atoms with van der Waals surface area (Å²) < 4.78 is 4.94. The Bertz CT molecular complexity index is 351. The van der Waals surface area contributed by atoms with E-state index in [0.717, 1.165) is 12.8 Å². The van der Waals surface area contributed by atoms with E-state index < -0.39 is 12.0 Å². The number of carboxylic acids is 1. The molecule has 6 nitrogen and oxygen atoms in total. The number of carboxylic acid groups (broad SMARTS) is 1. The molecule has 0 aliphatic heterocycles. The summed E-state index contributed by atoms with van der Waals surface area (Å²) in [6.45, 7) is 4.32. The van der Waals surface area contributed by atoms with E-state index in [1.165, 1.54) is 0 Å². The number of carbonyl (C=O) groups is 1. The van der Waals surface area contributed by atoms with E-state index in [2.05, 4.69) is 15.5 Å². The number of aryl methyl sites for hydroxylation is 1. The van der Waals surface area contributed by atoms with Crippen LogP contribution in [0.2, 0.25) is 0 Å². The fourth-order valence-corrected chi connectivity index (χ4v) is 1.52. The molecule has 0 radical (unpaired) electrons. The van der Waals surface area contributed by atoms with Gasteiger partial charge in [-0.05, 0) is 13.3 Å². The number of nitrogens with one attached hydrogen (secondary N) is 1. The van der Waals surface area contributed by atoms with Gasteiger partial charge >= 0.3 is 5.97 Å². The summed E-state index contributed by atoms with van der Waals surface area (Å²) in [5.74, 6) is 0.329. The van der Waals surface area contributed by atoms with E-state index in [4.69, 9.17) is 9.63 Å². The van der Waals surface area contributed by atoms with Crippen molar-refractivity contribution in [1.82, 2.24) is 15.5 Å². The fraction of sp³-hybridized carbons (Fsp3) is 0.727. The van der Waals surface area contributed by atoms with Crippen LogP contribution >= 0.6 is 0 Å². The monoisotopic (exact) mass is 241 g/mol. The van der Waals surface area contributed by atoms with Gasteiger partial charge in [0.1, 0.15) is 6.04 Å². The fourth-order valence-electron chi connectivity index (χ4n) is 1.52. The molecule has 0 aromatic carbocycles. The second-order valence-corrected chi connectivity index (χ2v) is 3.97. The van der Waals surface area contributed by atoms with Crippen LogP contribution in [0.3, 0.4) is 0 Å². The minimum Gasteiger partial charge on any atom is -0.480 e. The Hall–Kier alpha value is -1.43. The molecule has 1 atom stereocenters. The van der Waals surface area contributed by atoms with Gasteiger partial charge in [0, 0.05) is 13.0 Å². The molecule has 1 aromatic heterocycles. The van der Waals surface area contributed by atoms with Crippen LogP contribution in [-0.2, 0) is 11.2 Å². The number of nitrogens with zero attached hydrogens (tertiary/aromatic N) is 2. The standard InChI is InChI=1S/C11H19N3O3/c1-3-4-5-9(11(15)16)12-7-6-10-13-8(2)14-17-10/h9,12H,3-7H2,1-2H3,(H,15,16). The number of hydrogen-bond acceptors (Lipinski definition) is 5. The maximum absolute atomic E-state index is 10.9. The van der Waals surface area contributed by atoms with Gasteiger partial charge in [-0.3, -0.25) is 4.79 Å². The molecule has 0 amide bonds. The van der Waals surface area contributed by atoms with Crippen molar-refractivity contribution in [3.05, 3.63) is 11.7 Å². The zero-order valence-electron chi connectivity index (χ0n) is 10.3. The van der Waals surface area contributed by atoms with Crippen molar-refractivity contribution in [3.8, 4) is 0 Å². The first-order valence-electron chi connectivity index (χ1n) is 5.89. The molecule has 1 heterocycles. The Morgan fingerprint density at radius 1 is 1.59 bits per heavy atom. The number of aliphatic carboxylic acids is 1. The van der Waals surface area contributed by atoms with E-state index in [-0.39, 0.29) is 0 Å². The van der Waals surface area contributed by atoms with E-state index in [1.807, 2.05) is 6.92 Å². The van der Waals surface area contributed by atoms with Crippen LogP contribution in [0.15, 0.2) is 4.52 Å². The Morgan fingerprint density at radius 2 is 2.35 bits per heavy atom. The highest BCUT2D eigenvalue weighted by atomic mass is 16.5. The van der Waals surface area contributed by atoms with Crippen LogP contribution in [0, 0.1) is 6.92 Å². The van der Waals surface area contributed by atoms with Crippen molar-refractivity contribution in [2.24, 2.45) is 0 Å². The Morgan fingerprint density at radius 3 is 2.88 bits per heavy atom. The molecule has 1 unspecified atom stereocenters. The molecule has 0 spiro atoms. The predicted molar refractivity (Wildman–Crippen MR) is 61.7 cm³/mol. The van der Waals surface area contributed by atoms with Gasteiger partial charge in [-0.1, -0.05) is 24.9 Å². The molecule has 2 N–H and O–H groups in total. The zero-order valence-corrected chi connectivity index (χ0v) is 10.3. The average Bonchev–Trinajstić information content (AvgIpc) is 2.68. The summed E-state index contributed by atoms with van der Waals surface area (Å²) in [4.78, 5) is 15.0. The van der Waals surface area contributed by atoms with E-state index in [1.54, 1.807) is 6.92 Å². The Labute approximate surface area is 100 Å². The van der Waals surface area contributed by atoms with E-state index >= 15 is 0 Å². The van der Waals surface area contributed by atoms with Crippen LogP contribution in [-0.4, -0.2) is 33.8 Å². The highest BCUT2D eigenvalue weighted by Gasteiger charge is 2.15. The quantitative estimate of drug-likeness (QED) is 0.710. The molecule has 17 heavy (non-hydrogen) atoms. The molecule has 1 aromatic rings. The van der Waals surface area contributed by atoms with Gasteiger partial charge in [-0.15, -0.1) is 0 Å². The van der Waals surface area contributed by atoms with Crippen LogP contribution in [0.25, 0.3) is 0 Å². The van der Waals surface area contributed by atoms with Gasteiger partial charge < -0.3 is 14.9 Å². The molecule has 96 valence electrons. The molecule has 6 heteroatoms. The number of hydrogen-bond donors (Lipinski definition) is 2. The largest absolute Gasteiger partial charge is 0.480 e. The van der Waals surface area contributed by atoms with Gasteiger partial charge in [0.25, 0.3) is 0 Å². The maximum atomic E-state index is 10.9. The van der Waals surface area contributed by atoms with Gasteiger partial charge in [0.15, 0.2) is 5.82 Å². The van der Waals surface area contributed by atoms with Crippen LogP contribution in [0.5, 0.6) is 0 Å². The third-order valence-corrected chi connectivity index (χ3v) is 2.44. The highest BCUT2D eigenvalue weighted by molar-refractivity contribution is 5.73. The summed E-state index contributed by atoms with van der Waals surface area (Å²) in [6.07, 6.45) is 3.10. The minimum absolute atomic E-state index is 0.487. The summed E-state index contributed by atoms with van der Waals surface area (Å²) in [6, 6.07) is -0.487. The molecular weight excluding hydrogens is 222 g/mol. The predicted octanol–water partition coefficient (Wildman–Crippen LogP) is 1.15. The van der Waals surface area contributed by atoms with Crippen molar-refractivity contribution < 1.29 is 14.4 Å². The number of unbranched alkanes of at least 4 members (excludes halogenated alkanes) is 1. The van der Waals surface area contributed by atoms with Crippen molar-refractivity contribution in [3.63, 3.8) is 0 Å². The third kappa shape index (κ3) is 4.95. The highest BCUT2D eigenvalue weighted by Crippen LogP contribution is 2.02. The average molecular weight is 241 g/mol. The normalized spacial score (nSPS) is 12.6. The minimum atomic E-state index is -0.805. The molecule has 0 fully saturated rings. The van der Waals surface area contributed by atoms with Crippen molar-refractivity contribution in [2.45, 2.75) is 45.6 Å². The van der Waals surface area contributed by atoms with Gasteiger partial charge in [0.2, 0.25) is 5.89 Å². The number of rotatable bonds is 8. The SMILES string of the molecule is CCCCC(NCCc1nc(C)no1)C(=O)O. The summed E-state index contributed by atoms with van der Waals surface area (Å²) in [7, 11) is 0. The molecule has 0 bridgehead atoms. The Balaban J connectivity index is 2.29. The second kappa shape index (κ2) is 7.01. The lowest BCUT2D eigenvalue weighted by Gasteiger charge is -2.12. The lowest BCUT2D eigenvalue weighted by Crippen LogP contribution is -2.37. The maximum Gasteiger partial charge on any atom is 0.320 e. The number of aromatic nitrogens is 2. The first-order chi connectivity index (χ1) is 8.13. The molecule has 0 saturated heterocycles. The zero-order chi connectivity index (χ0) is 12.7. The van der Waals surface area contributed by atoms with Crippen molar-refractivity contribution in [2.75, 3.05) is 6.54 Å². The summed E-state index contributed by atoms with van der Waals surface area (Å²) in [5.41, 5.74) is 0. The molecule has 0 saturated carbocycles. The molecular formula is C11H19N3O3. The molecule has 0 aliphatic rings. The smallest absolute Gasteiger partial charge is 0.320 e. The van der Waals surface area contributed by atoms with Gasteiger partial charge in [0.05, 0.1) is 0 Å². The van der Waals surface area contributed by atoms with Crippen molar-refractivity contribution in [1.29, 1.82) is 0 Å². The van der Waals surface area contributed by atoms with Gasteiger partial charge in [-0.2, -0.15) is 4.98 Å². The van der Waals surface area contributed by atoms with Crippen LogP contribution in [0.4, 0.5) is 0 Å². The van der Waals surface area contributed by atoms with Crippen LogP contribution < -0.4 is 5.32 Å². The summed E-state index contributed by atoms with van der Waals surface area (Å²) >= 11 is 0. The third-order valence-electron chi connectivity index (χ3n) is 2.44. The first-order valence-corrected chi connectivity index (χ1v) is 5.89. The van der Waals surface area contributed by atoms with Crippen molar-refractivity contribution >= 4 is 5.97 Å². The van der Waals surface area contributed by atoms with E-state index in [9.17, 15) is 4.79 Å². The lowest BCUT2D eigenvalue weighted by atomic mass is 10.1. The molecule has 1 rings (SSSR count). The summed E-state index contributed by atoms with van der Waals surface area (Å²) in [5, 5.41) is 15.6. The van der Waals surface area contributed by atoms with Crippen LogP contribution in [0.1, 0.15) is 37.9 Å². The molecule has 0 aliphatic carbocycles. The first kappa shape index (κ1) is 13.6. The second-order valence-electron chi connectivity index (χ2n) is 3.97. The van der Waals surface area contributed by atoms with E-state index in [0.29, 0.717) is 31.1 Å². The van der Waals surface area contributed by atoms with Gasteiger partial charge in [-0.25, -0.2) is 0 Å².